The third kappa shape index (κ3) is 3.75. The first kappa shape index (κ1) is 17.6. The molecule has 0 saturated carbocycles. The van der Waals surface area contributed by atoms with E-state index < -0.39 is 0 Å². The summed E-state index contributed by atoms with van der Waals surface area (Å²) in [7, 11) is 0. The van der Waals surface area contributed by atoms with Crippen LogP contribution >= 0.6 is 22.9 Å². The van der Waals surface area contributed by atoms with Crippen molar-refractivity contribution in [1.82, 2.24) is 14.8 Å². The van der Waals surface area contributed by atoms with E-state index in [-0.39, 0.29) is 12.3 Å². The number of nitrogens with zero attached hydrogens (tertiary/aromatic N) is 3. The van der Waals surface area contributed by atoms with Gasteiger partial charge in [-0.3, -0.25) is 4.79 Å². The van der Waals surface area contributed by atoms with E-state index in [1.807, 2.05) is 45.2 Å². The molecule has 0 fully saturated rings. The number of amides is 1. The van der Waals surface area contributed by atoms with Crippen LogP contribution in [0.5, 0.6) is 0 Å². The van der Waals surface area contributed by atoms with Crippen LogP contribution in [0.3, 0.4) is 0 Å². The Bertz CT molecular complexity index is 945. The van der Waals surface area contributed by atoms with Crippen LogP contribution in [-0.2, 0) is 11.2 Å². The zero-order valence-corrected chi connectivity index (χ0v) is 16.1. The fraction of sp³-hybridized carbons (Fsp3) is 0.278. The predicted molar refractivity (Wildman–Crippen MR) is 102 cm³/mol. The van der Waals surface area contributed by atoms with Crippen molar-refractivity contribution in [2.24, 2.45) is 0 Å². The van der Waals surface area contributed by atoms with Gasteiger partial charge in [-0.05, 0) is 45.4 Å². The molecule has 0 atom stereocenters. The molecule has 7 heteroatoms. The molecule has 130 valence electrons. The van der Waals surface area contributed by atoms with Gasteiger partial charge in [0.2, 0.25) is 11.0 Å². The van der Waals surface area contributed by atoms with Crippen molar-refractivity contribution in [3.63, 3.8) is 0 Å². The second-order valence-electron chi connectivity index (χ2n) is 6.02. The average Bonchev–Trinajstić information content (AvgIpc) is 3.09. The number of hydrogen-bond acceptors (Lipinski definition) is 4. The quantitative estimate of drug-likeness (QED) is 0.736. The summed E-state index contributed by atoms with van der Waals surface area (Å²) in [6, 6.07) is 5.49. The Hall–Kier alpha value is -2.18. The number of aryl methyl sites for hydroxylation is 3. The maximum Gasteiger partial charge on any atom is 0.228 e. The minimum atomic E-state index is -0.0963. The van der Waals surface area contributed by atoms with E-state index in [1.54, 1.807) is 10.7 Å². The molecule has 0 aliphatic heterocycles. The number of hydrogen-bond donors (Lipinski definition) is 1. The Morgan fingerprint density at radius 1 is 1.28 bits per heavy atom. The van der Waals surface area contributed by atoms with Gasteiger partial charge in [0, 0.05) is 27.3 Å². The molecule has 5 nitrogen and oxygen atoms in total. The molecule has 1 amide bonds. The van der Waals surface area contributed by atoms with E-state index >= 15 is 0 Å². The number of rotatable bonds is 4. The van der Waals surface area contributed by atoms with Gasteiger partial charge in [0.15, 0.2) is 0 Å². The molecule has 3 aromatic rings. The molecule has 0 aliphatic rings. The molecule has 0 bridgehead atoms. The molecule has 0 spiro atoms. The summed E-state index contributed by atoms with van der Waals surface area (Å²) < 4.78 is 1.80. The summed E-state index contributed by atoms with van der Waals surface area (Å²) in [5.41, 5.74) is 5.32. The molecule has 0 saturated heterocycles. The van der Waals surface area contributed by atoms with Gasteiger partial charge in [0.05, 0.1) is 17.8 Å². The van der Waals surface area contributed by atoms with Crippen LogP contribution in [0.2, 0.25) is 5.02 Å². The van der Waals surface area contributed by atoms with Gasteiger partial charge in [0.1, 0.15) is 0 Å². The topological polar surface area (TPSA) is 59.8 Å². The largest absolute Gasteiger partial charge is 0.326 e. The Morgan fingerprint density at radius 3 is 2.68 bits per heavy atom. The van der Waals surface area contributed by atoms with E-state index in [2.05, 4.69) is 15.4 Å². The first-order valence-electron chi connectivity index (χ1n) is 7.88. The summed E-state index contributed by atoms with van der Waals surface area (Å²) in [5, 5.41) is 10.9. The van der Waals surface area contributed by atoms with Gasteiger partial charge in [-0.15, -0.1) is 11.3 Å². The summed E-state index contributed by atoms with van der Waals surface area (Å²) >= 11 is 7.65. The van der Waals surface area contributed by atoms with Crippen LogP contribution in [0.1, 0.15) is 28.2 Å². The molecule has 1 N–H and O–H groups in total. The highest BCUT2D eigenvalue weighted by atomic mass is 35.5. The number of nitrogens with one attached hydrogen (secondary N) is 1. The fourth-order valence-corrected chi connectivity index (χ4v) is 3.58. The highest BCUT2D eigenvalue weighted by Crippen LogP contribution is 2.23. The van der Waals surface area contributed by atoms with E-state index in [0.717, 1.165) is 33.3 Å². The van der Waals surface area contributed by atoms with E-state index in [9.17, 15) is 4.79 Å². The first-order chi connectivity index (χ1) is 11.8. The molecule has 25 heavy (non-hydrogen) atoms. The number of anilines is 1. The normalized spacial score (nSPS) is 10.9. The van der Waals surface area contributed by atoms with Crippen LogP contribution in [0.15, 0.2) is 23.6 Å². The van der Waals surface area contributed by atoms with Gasteiger partial charge in [-0.25, -0.2) is 9.67 Å². The Labute approximate surface area is 155 Å². The first-order valence-corrected chi connectivity index (χ1v) is 9.14. The molecule has 2 aromatic heterocycles. The lowest BCUT2D eigenvalue weighted by Crippen LogP contribution is -2.15. The van der Waals surface area contributed by atoms with Crippen LogP contribution in [0, 0.1) is 27.7 Å². The van der Waals surface area contributed by atoms with Gasteiger partial charge < -0.3 is 5.32 Å². The lowest BCUT2D eigenvalue weighted by Gasteiger charge is -2.07. The van der Waals surface area contributed by atoms with E-state index in [4.69, 9.17) is 11.6 Å². The third-order valence-corrected chi connectivity index (χ3v) is 5.36. The van der Waals surface area contributed by atoms with Gasteiger partial charge in [-0.2, -0.15) is 5.10 Å². The Balaban J connectivity index is 1.79. The van der Waals surface area contributed by atoms with Gasteiger partial charge in [-0.1, -0.05) is 17.7 Å². The zero-order chi connectivity index (χ0) is 18.1. The van der Waals surface area contributed by atoms with Crippen LogP contribution in [0.4, 0.5) is 5.69 Å². The van der Waals surface area contributed by atoms with Crippen LogP contribution in [0.25, 0.3) is 5.13 Å². The third-order valence-electron chi connectivity index (χ3n) is 4.02. The second kappa shape index (κ2) is 6.98. The average molecular weight is 375 g/mol. The molecular formula is C18H19ClN4OS. The number of benzene rings is 1. The minimum Gasteiger partial charge on any atom is -0.326 e. The number of carbonyl (C=O) groups excluding carboxylic acids is 1. The zero-order valence-electron chi connectivity index (χ0n) is 14.6. The SMILES string of the molecule is Cc1csc(-n2nc(C)c(CC(=O)Nc3ccc(C)c(Cl)c3)c2C)n1. The summed E-state index contributed by atoms with van der Waals surface area (Å²) in [5.74, 6) is -0.0963. The molecule has 0 unspecified atom stereocenters. The number of halogens is 1. The second-order valence-corrected chi connectivity index (χ2v) is 7.27. The maximum absolute atomic E-state index is 12.4. The van der Waals surface area contributed by atoms with Gasteiger partial charge >= 0.3 is 0 Å². The smallest absolute Gasteiger partial charge is 0.228 e. The molecule has 0 aliphatic carbocycles. The Kier molecular flexibility index (Phi) is 4.92. The number of aromatic nitrogens is 3. The van der Waals surface area contributed by atoms with Crippen LogP contribution < -0.4 is 5.32 Å². The summed E-state index contributed by atoms with van der Waals surface area (Å²) in [6.45, 7) is 7.75. The highest BCUT2D eigenvalue weighted by Gasteiger charge is 2.17. The fourth-order valence-electron chi connectivity index (χ4n) is 2.59. The predicted octanol–water partition coefficient (Wildman–Crippen LogP) is 4.40. The van der Waals surface area contributed by atoms with Crippen molar-refractivity contribution in [3.8, 4) is 5.13 Å². The van der Waals surface area contributed by atoms with Gasteiger partial charge in [0.25, 0.3) is 0 Å². The standard InChI is InChI=1S/C18H19ClN4OS/c1-10-5-6-14(7-16(10)19)21-17(24)8-15-12(3)22-23(13(15)4)18-20-11(2)9-25-18/h5-7,9H,8H2,1-4H3,(H,21,24). The molecular weight excluding hydrogens is 356 g/mol. The maximum atomic E-state index is 12.4. The van der Waals surface area contributed by atoms with Crippen molar-refractivity contribution in [2.75, 3.05) is 5.32 Å². The van der Waals surface area contributed by atoms with Crippen molar-refractivity contribution in [2.45, 2.75) is 34.1 Å². The lowest BCUT2D eigenvalue weighted by molar-refractivity contribution is -0.115. The Morgan fingerprint density at radius 2 is 2.04 bits per heavy atom. The van der Waals surface area contributed by atoms with E-state index in [1.165, 1.54) is 11.3 Å². The van der Waals surface area contributed by atoms with Crippen LogP contribution in [-0.4, -0.2) is 20.7 Å². The monoisotopic (exact) mass is 374 g/mol. The van der Waals surface area contributed by atoms with E-state index in [0.29, 0.717) is 10.7 Å². The molecule has 0 radical (unpaired) electrons. The molecule has 3 rings (SSSR count). The van der Waals surface area contributed by atoms with Crippen molar-refractivity contribution < 1.29 is 4.79 Å². The molecule has 1 aromatic carbocycles. The minimum absolute atomic E-state index is 0.0963. The molecule has 2 heterocycles. The highest BCUT2D eigenvalue weighted by molar-refractivity contribution is 7.12. The summed E-state index contributed by atoms with van der Waals surface area (Å²) in [6.07, 6.45) is 0.257. The van der Waals surface area contributed by atoms with Crippen molar-refractivity contribution in [3.05, 3.63) is 56.8 Å². The van der Waals surface area contributed by atoms with Crippen molar-refractivity contribution >= 4 is 34.5 Å². The van der Waals surface area contributed by atoms with Crippen molar-refractivity contribution in [1.29, 1.82) is 0 Å². The number of carbonyl (C=O) groups is 1. The number of thiazole rings is 1. The lowest BCUT2D eigenvalue weighted by atomic mass is 10.1. The summed E-state index contributed by atoms with van der Waals surface area (Å²) in [4.78, 5) is 16.9.